The van der Waals surface area contributed by atoms with Gasteiger partial charge in [-0.1, -0.05) is 12.1 Å². The third-order valence-corrected chi connectivity index (χ3v) is 2.07. The quantitative estimate of drug-likeness (QED) is 0.365. The van der Waals surface area contributed by atoms with Crippen LogP contribution in [0, 0.1) is 5.82 Å². The fraction of sp³-hybridized carbons (Fsp3) is 0.200. The summed E-state index contributed by atoms with van der Waals surface area (Å²) in [6.07, 6.45) is -3.40. The van der Waals surface area contributed by atoms with E-state index in [9.17, 15) is 17.6 Å². The van der Waals surface area contributed by atoms with Crippen molar-refractivity contribution in [2.75, 3.05) is 0 Å². The Bertz CT molecular complexity index is 387. The minimum Gasteiger partial charge on any atom is -0.271 e. The summed E-state index contributed by atoms with van der Waals surface area (Å²) >= 11 is 0. The van der Waals surface area contributed by atoms with Gasteiger partial charge in [-0.15, -0.1) is 6.58 Å². The number of nitrogens with two attached hydrogens (primary N) is 1. The Balaban J connectivity index is 3.22. The van der Waals surface area contributed by atoms with Crippen molar-refractivity contribution >= 4 is 0 Å². The summed E-state index contributed by atoms with van der Waals surface area (Å²) in [6, 6.07) is 2.03. The Labute approximate surface area is 89.7 Å². The molecule has 88 valence electrons. The number of benzene rings is 1. The van der Waals surface area contributed by atoms with E-state index in [2.05, 4.69) is 12.0 Å². The smallest absolute Gasteiger partial charge is 0.271 e. The molecule has 1 unspecified atom stereocenters. The maximum Gasteiger partial charge on any atom is 0.419 e. The number of rotatable bonds is 3. The average molecular weight is 234 g/mol. The van der Waals surface area contributed by atoms with Gasteiger partial charge in [0.15, 0.2) is 0 Å². The molecule has 6 heteroatoms. The molecule has 16 heavy (non-hydrogen) atoms. The maximum atomic E-state index is 12.9. The molecule has 0 fully saturated rings. The Morgan fingerprint density at radius 1 is 1.38 bits per heavy atom. The number of hydrogen-bond donors (Lipinski definition) is 2. The first-order valence-corrected chi connectivity index (χ1v) is 4.35. The Kier molecular flexibility index (Phi) is 3.66. The number of nitrogens with one attached hydrogen (secondary N) is 1. The lowest BCUT2D eigenvalue weighted by molar-refractivity contribution is -0.140. The molecule has 1 atom stereocenters. The summed E-state index contributed by atoms with van der Waals surface area (Å²) < 4.78 is 50.1. The standard InChI is InChI=1S/C10H10F4N2/c1-2-9(16-15)6-3-4-8(11)7(5-6)10(12,13)14/h2-5,9,16H,1,15H2. The molecule has 0 aliphatic heterocycles. The molecular formula is C10H10F4N2. The molecule has 0 saturated carbocycles. The molecular weight excluding hydrogens is 224 g/mol. The van der Waals surface area contributed by atoms with Gasteiger partial charge in [0, 0.05) is 0 Å². The lowest BCUT2D eigenvalue weighted by atomic mass is 10.0. The second-order valence-corrected chi connectivity index (χ2v) is 3.12. The van der Waals surface area contributed by atoms with Crippen LogP contribution in [0.2, 0.25) is 0 Å². The molecule has 1 rings (SSSR count). The van der Waals surface area contributed by atoms with E-state index < -0.39 is 23.6 Å². The summed E-state index contributed by atoms with van der Waals surface area (Å²) in [6.45, 7) is 3.41. The van der Waals surface area contributed by atoms with Crippen LogP contribution in [0.4, 0.5) is 17.6 Å². The van der Waals surface area contributed by atoms with E-state index >= 15 is 0 Å². The first-order valence-electron chi connectivity index (χ1n) is 4.35. The lowest BCUT2D eigenvalue weighted by Gasteiger charge is -2.14. The molecule has 0 aromatic heterocycles. The van der Waals surface area contributed by atoms with Crippen molar-refractivity contribution < 1.29 is 17.6 Å². The number of halogens is 4. The fourth-order valence-electron chi connectivity index (χ4n) is 1.25. The summed E-state index contributed by atoms with van der Waals surface area (Å²) in [5.41, 5.74) is 1.15. The van der Waals surface area contributed by atoms with Gasteiger partial charge in [0.2, 0.25) is 0 Å². The molecule has 0 bridgehead atoms. The van der Waals surface area contributed by atoms with E-state index in [0.29, 0.717) is 6.07 Å². The minimum absolute atomic E-state index is 0.200. The van der Waals surface area contributed by atoms with Gasteiger partial charge in [0.25, 0.3) is 0 Å². The van der Waals surface area contributed by atoms with Gasteiger partial charge in [-0.3, -0.25) is 5.84 Å². The average Bonchev–Trinajstić information content (AvgIpc) is 2.20. The van der Waals surface area contributed by atoms with Gasteiger partial charge in [-0.05, 0) is 17.7 Å². The summed E-state index contributed by atoms with van der Waals surface area (Å²) in [4.78, 5) is 0. The van der Waals surface area contributed by atoms with Crippen LogP contribution < -0.4 is 11.3 Å². The third kappa shape index (κ3) is 2.59. The topological polar surface area (TPSA) is 38.0 Å². The van der Waals surface area contributed by atoms with Crippen LogP contribution in [0.3, 0.4) is 0 Å². The zero-order valence-corrected chi connectivity index (χ0v) is 8.18. The molecule has 0 aliphatic rings. The number of hydrogen-bond acceptors (Lipinski definition) is 2. The molecule has 0 aliphatic carbocycles. The van der Waals surface area contributed by atoms with Crippen molar-refractivity contribution in [3.63, 3.8) is 0 Å². The van der Waals surface area contributed by atoms with Gasteiger partial charge in [0.05, 0.1) is 11.6 Å². The molecule has 0 spiro atoms. The third-order valence-electron chi connectivity index (χ3n) is 2.07. The molecule has 1 aromatic carbocycles. The highest BCUT2D eigenvalue weighted by Gasteiger charge is 2.34. The normalized spacial score (nSPS) is 13.6. The summed E-state index contributed by atoms with van der Waals surface area (Å²) in [5, 5.41) is 0. The molecule has 1 aromatic rings. The van der Waals surface area contributed by atoms with Crippen LogP contribution in [0.15, 0.2) is 30.9 Å². The van der Waals surface area contributed by atoms with Crippen molar-refractivity contribution in [3.05, 3.63) is 47.8 Å². The summed E-state index contributed by atoms with van der Waals surface area (Å²) in [5.74, 6) is 3.81. The van der Waals surface area contributed by atoms with Crippen molar-refractivity contribution in [1.82, 2.24) is 5.43 Å². The van der Waals surface area contributed by atoms with E-state index in [4.69, 9.17) is 5.84 Å². The molecule has 2 nitrogen and oxygen atoms in total. The van der Waals surface area contributed by atoms with Crippen LogP contribution in [0.25, 0.3) is 0 Å². The Hall–Kier alpha value is -1.40. The molecule has 3 N–H and O–H groups in total. The van der Waals surface area contributed by atoms with E-state index in [1.54, 1.807) is 0 Å². The zero-order valence-electron chi connectivity index (χ0n) is 8.18. The van der Waals surface area contributed by atoms with Crippen molar-refractivity contribution in [3.8, 4) is 0 Å². The van der Waals surface area contributed by atoms with Gasteiger partial charge in [-0.2, -0.15) is 13.2 Å². The first kappa shape index (κ1) is 12.7. The van der Waals surface area contributed by atoms with Crippen LogP contribution in [0.5, 0.6) is 0 Å². The number of alkyl halides is 3. The highest BCUT2D eigenvalue weighted by Crippen LogP contribution is 2.32. The molecule has 0 heterocycles. The molecule has 0 saturated heterocycles. The van der Waals surface area contributed by atoms with Crippen LogP contribution in [-0.2, 0) is 6.18 Å². The van der Waals surface area contributed by atoms with E-state index in [0.717, 1.165) is 6.07 Å². The van der Waals surface area contributed by atoms with Gasteiger partial charge < -0.3 is 0 Å². The van der Waals surface area contributed by atoms with Gasteiger partial charge in [-0.25, -0.2) is 9.82 Å². The van der Waals surface area contributed by atoms with Crippen LogP contribution in [0.1, 0.15) is 17.2 Å². The highest BCUT2D eigenvalue weighted by molar-refractivity contribution is 5.31. The lowest BCUT2D eigenvalue weighted by Crippen LogP contribution is -2.26. The Morgan fingerprint density at radius 2 is 2.00 bits per heavy atom. The van der Waals surface area contributed by atoms with Gasteiger partial charge in [0.1, 0.15) is 5.82 Å². The minimum atomic E-state index is -4.72. The van der Waals surface area contributed by atoms with Crippen molar-refractivity contribution in [1.29, 1.82) is 0 Å². The number of hydrazine groups is 1. The fourth-order valence-corrected chi connectivity index (χ4v) is 1.25. The van der Waals surface area contributed by atoms with Gasteiger partial charge >= 0.3 is 6.18 Å². The van der Waals surface area contributed by atoms with E-state index in [-0.39, 0.29) is 5.56 Å². The Morgan fingerprint density at radius 3 is 2.44 bits per heavy atom. The van der Waals surface area contributed by atoms with Crippen LogP contribution >= 0.6 is 0 Å². The SMILES string of the molecule is C=CC(NN)c1ccc(F)c(C(F)(F)F)c1. The predicted octanol–water partition coefficient (Wildman–Crippen LogP) is 2.53. The molecule has 0 amide bonds. The van der Waals surface area contributed by atoms with E-state index in [1.807, 2.05) is 0 Å². The maximum absolute atomic E-state index is 12.9. The monoisotopic (exact) mass is 234 g/mol. The van der Waals surface area contributed by atoms with Crippen molar-refractivity contribution in [2.24, 2.45) is 5.84 Å². The molecule has 0 radical (unpaired) electrons. The van der Waals surface area contributed by atoms with Crippen LogP contribution in [-0.4, -0.2) is 0 Å². The zero-order chi connectivity index (χ0) is 12.3. The van der Waals surface area contributed by atoms with E-state index in [1.165, 1.54) is 12.1 Å². The highest BCUT2D eigenvalue weighted by atomic mass is 19.4. The predicted molar refractivity (Wildman–Crippen MR) is 51.7 cm³/mol. The largest absolute Gasteiger partial charge is 0.419 e. The second-order valence-electron chi connectivity index (χ2n) is 3.12. The van der Waals surface area contributed by atoms with Crippen molar-refractivity contribution in [2.45, 2.75) is 12.2 Å². The second kappa shape index (κ2) is 4.63. The summed E-state index contributed by atoms with van der Waals surface area (Å²) in [7, 11) is 0. The first-order chi connectivity index (χ1) is 7.40.